The molecule has 0 saturated carbocycles. The number of rotatable bonds is 0. The Hall–Kier alpha value is -0.290. The molecule has 1 atom stereocenters. The quantitative estimate of drug-likeness (QED) is 0.720. The molecule has 1 aromatic carbocycles. The molecule has 2 rings (SSSR count). The summed E-state index contributed by atoms with van der Waals surface area (Å²) in [6.45, 7) is 0. The minimum atomic E-state index is 0.0285. The summed E-state index contributed by atoms with van der Waals surface area (Å²) in [6, 6.07) is 3.93. The van der Waals surface area contributed by atoms with E-state index in [2.05, 4.69) is 28.7 Å². The Balaban J connectivity index is 2.56. The first-order valence-electron chi connectivity index (χ1n) is 4.45. The van der Waals surface area contributed by atoms with Crippen molar-refractivity contribution in [3.63, 3.8) is 0 Å². The molecule has 0 fully saturated rings. The van der Waals surface area contributed by atoms with E-state index >= 15 is 0 Å². The topological polar surface area (TPSA) is 46.2 Å². The van der Waals surface area contributed by atoms with E-state index in [9.17, 15) is 5.11 Å². The third kappa shape index (κ3) is 1.67. The molecule has 0 aromatic heterocycles. The van der Waals surface area contributed by atoms with Gasteiger partial charge in [-0.15, -0.1) is 0 Å². The molecule has 0 amide bonds. The SMILES string of the molecule is N[C@H]1CCCc2cc(I)cc(O)c21. The van der Waals surface area contributed by atoms with Crippen molar-refractivity contribution < 1.29 is 5.11 Å². The van der Waals surface area contributed by atoms with Crippen LogP contribution in [0.15, 0.2) is 12.1 Å². The summed E-state index contributed by atoms with van der Waals surface area (Å²) in [5, 5.41) is 9.72. The van der Waals surface area contributed by atoms with Crippen LogP contribution in [0, 0.1) is 3.57 Å². The molecule has 0 bridgehead atoms. The Morgan fingerprint density at radius 1 is 1.46 bits per heavy atom. The lowest BCUT2D eigenvalue weighted by atomic mass is 9.88. The fraction of sp³-hybridized carbons (Fsp3) is 0.400. The van der Waals surface area contributed by atoms with Gasteiger partial charge >= 0.3 is 0 Å². The van der Waals surface area contributed by atoms with Gasteiger partial charge in [-0.25, -0.2) is 0 Å². The molecule has 70 valence electrons. The summed E-state index contributed by atoms with van der Waals surface area (Å²) in [7, 11) is 0. The Morgan fingerprint density at radius 2 is 2.23 bits per heavy atom. The number of phenolic OH excluding ortho intramolecular Hbond substituents is 1. The van der Waals surface area contributed by atoms with Gasteiger partial charge in [0.05, 0.1) is 0 Å². The summed E-state index contributed by atoms with van der Waals surface area (Å²) in [4.78, 5) is 0. The zero-order valence-corrected chi connectivity index (χ0v) is 9.41. The molecule has 0 spiro atoms. The second kappa shape index (κ2) is 3.46. The lowest BCUT2D eigenvalue weighted by Crippen LogP contribution is -2.17. The average molecular weight is 289 g/mol. The van der Waals surface area contributed by atoms with Gasteiger partial charge in [-0.1, -0.05) is 0 Å². The lowest BCUT2D eigenvalue weighted by molar-refractivity contribution is 0.447. The van der Waals surface area contributed by atoms with Gasteiger partial charge in [0.2, 0.25) is 0 Å². The molecule has 1 aromatic rings. The van der Waals surface area contributed by atoms with E-state index in [1.807, 2.05) is 0 Å². The molecule has 3 N–H and O–H groups in total. The van der Waals surface area contributed by atoms with E-state index in [1.54, 1.807) is 6.07 Å². The standard InChI is InChI=1S/C10H12INO/c11-7-4-6-2-1-3-8(12)10(6)9(13)5-7/h4-5,8,13H,1-3,12H2/t8-/m0/s1. The summed E-state index contributed by atoms with van der Waals surface area (Å²) in [5.41, 5.74) is 8.12. The number of fused-ring (bicyclic) bond motifs is 1. The van der Waals surface area contributed by atoms with Gasteiger partial charge < -0.3 is 10.8 Å². The van der Waals surface area contributed by atoms with Gasteiger partial charge in [0.1, 0.15) is 5.75 Å². The van der Waals surface area contributed by atoms with Gasteiger partial charge in [0.15, 0.2) is 0 Å². The van der Waals surface area contributed by atoms with E-state index in [4.69, 9.17) is 5.73 Å². The number of aryl methyl sites for hydroxylation is 1. The van der Waals surface area contributed by atoms with Crippen LogP contribution in [-0.2, 0) is 6.42 Å². The van der Waals surface area contributed by atoms with Crippen molar-refractivity contribution in [1.29, 1.82) is 0 Å². The second-order valence-electron chi connectivity index (χ2n) is 3.50. The minimum absolute atomic E-state index is 0.0285. The van der Waals surface area contributed by atoms with Crippen LogP contribution in [0.2, 0.25) is 0 Å². The smallest absolute Gasteiger partial charge is 0.121 e. The Bertz CT molecular complexity index is 338. The summed E-state index contributed by atoms with van der Waals surface area (Å²) in [5.74, 6) is 0.370. The van der Waals surface area contributed by atoms with Crippen molar-refractivity contribution in [2.24, 2.45) is 5.73 Å². The number of aromatic hydroxyl groups is 1. The van der Waals surface area contributed by atoms with E-state index in [0.717, 1.165) is 28.4 Å². The number of phenols is 1. The van der Waals surface area contributed by atoms with Crippen LogP contribution in [0.25, 0.3) is 0 Å². The van der Waals surface area contributed by atoms with Crippen LogP contribution in [0.3, 0.4) is 0 Å². The third-order valence-corrected chi connectivity index (χ3v) is 3.16. The molecule has 0 heterocycles. The number of halogens is 1. The zero-order chi connectivity index (χ0) is 9.42. The van der Waals surface area contributed by atoms with E-state index in [1.165, 1.54) is 5.56 Å². The van der Waals surface area contributed by atoms with E-state index in [0.29, 0.717) is 5.75 Å². The maximum atomic E-state index is 9.72. The van der Waals surface area contributed by atoms with Gasteiger partial charge in [-0.3, -0.25) is 0 Å². The first-order chi connectivity index (χ1) is 6.18. The van der Waals surface area contributed by atoms with Gasteiger partial charge in [0.25, 0.3) is 0 Å². The number of benzene rings is 1. The summed E-state index contributed by atoms with van der Waals surface area (Å²) in [6.07, 6.45) is 3.17. The summed E-state index contributed by atoms with van der Waals surface area (Å²) >= 11 is 2.22. The van der Waals surface area contributed by atoms with Crippen molar-refractivity contribution in [2.75, 3.05) is 0 Å². The van der Waals surface area contributed by atoms with Crippen LogP contribution in [-0.4, -0.2) is 5.11 Å². The van der Waals surface area contributed by atoms with E-state index in [-0.39, 0.29) is 6.04 Å². The highest BCUT2D eigenvalue weighted by molar-refractivity contribution is 14.1. The van der Waals surface area contributed by atoms with Crippen LogP contribution in [0.5, 0.6) is 5.75 Å². The Labute approximate surface area is 91.3 Å². The molecule has 0 unspecified atom stereocenters. The minimum Gasteiger partial charge on any atom is -0.508 e. The van der Waals surface area contributed by atoms with Crippen LogP contribution >= 0.6 is 22.6 Å². The van der Waals surface area contributed by atoms with Crippen molar-refractivity contribution in [1.82, 2.24) is 0 Å². The maximum Gasteiger partial charge on any atom is 0.121 e. The van der Waals surface area contributed by atoms with Crippen molar-refractivity contribution in [3.05, 3.63) is 26.8 Å². The fourth-order valence-electron chi connectivity index (χ4n) is 1.95. The third-order valence-electron chi connectivity index (χ3n) is 2.54. The largest absolute Gasteiger partial charge is 0.508 e. The lowest BCUT2D eigenvalue weighted by Gasteiger charge is -2.23. The molecule has 2 nitrogen and oxygen atoms in total. The maximum absolute atomic E-state index is 9.72. The normalized spacial score (nSPS) is 21.2. The molecular formula is C10H12INO. The second-order valence-corrected chi connectivity index (χ2v) is 4.74. The number of hydrogen-bond acceptors (Lipinski definition) is 2. The molecule has 3 heteroatoms. The molecule has 0 radical (unpaired) electrons. The number of nitrogens with two attached hydrogens (primary N) is 1. The van der Waals surface area contributed by atoms with Crippen molar-refractivity contribution >= 4 is 22.6 Å². The molecule has 1 aliphatic carbocycles. The first-order valence-corrected chi connectivity index (χ1v) is 5.53. The van der Waals surface area contributed by atoms with Crippen LogP contribution in [0.4, 0.5) is 0 Å². The monoisotopic (exact) mass is 289 g/mol. The van der Waals surface area contributed by atoms with Crippen LogP contribution < -0.4 is 5.73 Å². The molecule has 13 heavy (non-hydrogen) atoms. The number of hydrogen-bond donors (Lipinski definition) is 2. The zero-order valence-electron chi connectivity index (χ0n) is 7.26. The highest BCUT2D eigenvalue weighted by Gasteiger charge is 2.20. The molecule has 1 aliphatic rings. The first kappa shape index (κ1) is 9.27. The van der Waals surface area contributed by atoms with E-state index < -0.39 is 0 Å². The highest BCUT2D eigenvalue weighted by Crippen LogP contribution is 2.35. The van der Waals surface area contributed by atoms with Crippen molar-refractivity contribution in [3.8, 4) is 5.75 Å². The average Bonchev–Trinajstić information content (AvgIpc) is 2.02. The fourth-order valence-corrected chi connectivity index (χ4v) is 2.62. The molecular weight excluding hydrogens is 277 g/mol. The van der Waals surface area contributed by atoms with Gasteiger partial charge in [-0.2, -0.15) is 0 Å². The van der Waals surface area contributed by atoms with Crippen molar-refractivity contribution in [2.45, 2.75) is 25.3 Å². The van der Waals surface area contributed by atoms with Gasteiger partial charge in [0, 0.05) is 15.2 Å². The molecule has 0 saturated heterocycles. The Kier molecular flexibility index (Phi) is 2.47. The van der Waals surface area contributed by atoms with Gasteiger partial charge in [-0.05, 0) is 59.5 Å². The Morgan fingerprint density at radius 3 is 3.00 bits per heavy atom. The highest BCUT2D eigenvalue weighted by atomic mass is 127. The predicted octanol–water partition coefficient (Wildman–Crippen LogP) is 2.33. The van der Waals surface area contributed by atoms with Crippen LogP contribution in [0.1, 0.15) is 30.0 Å². The summed E-state index contributed by atoms with van der Waals surface area (Å²) < 4.78 is 1.09. The molecule has 0 aliphatic heterocycles. The predicted molar refractivity (Wildman–Crippen MR) is 60.7 cm³/mol.